The first-order valence-electron chi connectivity index (χ1n) is 12.8. The number of rotatable bonds is 9. The van der Waals surface area contributed by atoms with Gasteiger partial charge in [0.05, 0.1) is 17.3 Å². The molecule has 0 saturated heterocycles. The van der Waals surface area contributed by atoms with Crippen molar-refractivity contribution >= 4 is 11.8 Å². The van der Waals surface area contributed by atoms with E-state index < -0.39 is 53.7 Å². The number of alkyl halides is 3. The van der Waals surface area contributed by atoms with Crippen LogP contribution in [0.15, 0.2) is 60.9 Å². The molecule has 2 aromatic carbocycles. The molecule has 42 heavy (non-hydrogen) atoms. The molecule has 1 fully saturated rings. The second-order valence-electron chi connectivity index (χ2n) is 9.98. The molecule has 1 unspecified atom stereocenters. The molecule has 0 aliphatic heterocycles. The summed E-state index contributed by atoms with van der Waals surface area (Å²) >= 11 is 0. The van der Waals surface area contributed by atoms with Gasteiger partial charge in [-0.3, -0.25) is 14.6 Å². The van der Waals surface area contributed by atoms with Crippen molar-refractivity contribution in [2.75, 3.05) is 0 Å². The van der Waals surface area contributed by atoms with Crippen LogP contribution < -0.4 is 11.1 Å². The van der Waals surface area contributed by atoms with Gasteiger partial charge in [0.2, 0.25) is 5.91 Å². The maximum absolute atomic E-state index is 14.2. The number of halogens is 6. The number of nitrogens with two attached hydrogens (primary N) is 1. The minimum absolute atomic E-state index is 0.144. The van der Waals surface area contributed by atoms with Crippen molar-refractivity contribution in [3.63, 3.8) is 0 Å². The number of pyridine rings is 1. The number of primary amides is 1. The molecule has 1 aliphatic carbocycles. The summed E-state index contributed by atoms with van der Waals surface area (Å²) in [6.45, 7) is -0.506. The summed E-state index contributed by atoms with van der Waals surface area (Å²) < 4.78 is 83.5. The first kappa shape index (κ1) is 28.8. The third-order valence-electron chi connectivity index (χ3n) is 6.76. The van der Waals surface area contributed by atoms with Gasteiger partial charge in [-0.15, -0.1) is 0 Å². The van der Waals surface area contributed by atoms with Crippen LogP contribution in [0.4, 0.5) is 26.3 Å². The summed E-state index contributed by atoms with van der Waals surface area (Å²) in [7, 11) is 0. The van der Waals surface area contributed by atoms with Crippen LogP contribution in [0.25, 0.3) is 11.1 Å². The summed E-state index contributed by atoms with van der Waals surface area (Å²) in [5.74, 6) is -4.32. The predicted octanol–water partition coefficient (Wildman–Crippen LogP) is 5.46. The zero-order valence-electron chi connectivity index (χ0n) is 21.8. The van der Waals surface area contributed by atoms with E-state index in [2.05, 4.69) is 15.3 Å². The van der Waals surface area contributed by atoms with Crippen LogP contribution in [-0.4, -0.2) is 26.3 Å². The van der Waals surface area contributed by atoms with Crippen molar-refractivity contribution in [1.82, 2.24) is 19.9 Å². The standard InChI is InChI=1S/C29H23F6N5O2/c30-18-8-15(9-19(31)12-18)10-23(26-20(2-1-7-37-26)17-5-6-22(32)21(11-17)27(36)42)38-25(41)14-40-13-24(29(33,34)35)39-28(40)16-3-4-16/h1-2,5-9,11-13,16,23H,3-4,10,14H2,(H2,36,42)(H,38,41). The molecular weight excluding hydrogens is 564 g/mol. The monoisotopic (exact) mass is 587 g/mol. The van der Waals surface area contributed by atoms with E-state index in [9.17, 15) is 35.9 Å². The largest absolute Gasteiger partial charge is 0.434 e. The molecule has 2 heterocycles. The van der Waals surface area contributed by atoms with Gasteiger partial charge >= 0.3 is 6.18 Å². The van der Waals surface area contributed by atoms with Crippen LogP contribution in [0, 0.1) is 17.5 Å². The molecule has 7 nitrogen and oxygen atoms in total. The molecule has 1 saturated carbocycles. The highest BCUT2D eigenvalue weighted by atomic mass is 19.4. The number of carbonyl (C=O) groups is 2. The van der Waals surface area contributed by atoms with Gasteiger partial charge in [0.1, 0.15) is 29.8 Å². The SMILES string of the molecule is NC(=O)c1cc(-c2cccnc2C(Cc2cc(F)cc(F)c2)NC(=O)Cn2cc(C(F)(F)F)nc2C2CC2)ccc1F. The van der Waals surface area contributed by atoms with E-state index in [1.807, 2.05) is 0 Å². The normalized spacial score (nSPS) is 14.0. The number of amides is 2. The highest BCUT2D eigenvalue weighted by Crippen LogP contribution is 2.41. The Labute approximate surface area is 235 Å². The second kappa shape index (κ2) is 11.3. The zero-order chi connectivity index (χ0) is 30.2. The van der Waals surface area contributed by atoms with E-state index in [1.165, 1.54) is 18.3 Å². The third kappa shape index (κ3) is 6.45. The molecule has 2 amide bonds. The van der Waals surface area contributed by atoms with Crippen molar-refractivity contribution < 1.29 is 35.9 Å². The van der Waals surface area contributed by atoms with Gasteiger partial charge in [-0.25, -0.2) is 18.2 Å². The van der Waals surface area contributed by atoms with Gasteiger partial charge in [0, 0.05) is 29.9 Å². The quantitative estimate of drug-likeness (QED) is 0.254. The molecule has 5 rings (SSSR count). The molecule has 4 aromatic rings. The molecule has 0 bridgehead atoms. The lowest BCUT2D eigenvalue weighted by molar-refractivity contribution is -0.141. The number of aromatic nitrogens is 3. The van der Waals surface area contributed by atoms with Gasteiger partial charge < -0.3 is 15.6 Å². The van der Waals surface area contributed by atoms with E-state index in [4.69, 9.17) is 5.73 Å². The highest BCUT2D eigenvalue weighted by Gasteiger charge is 2.38. The number of hydrogen-bond acceptors (Lipinski definition) is 4. The lowest BCUT2D eigenvalue weighted by Crippen LogP contribution is -2.34. The average Bonchev–Trinajstić information content (AvgIpc) is 3.66. The maximum Gasteiger partial charge on any atom is 0.434 e. The van der Waals surface area contributed by atoms with Gasteiger partial charge in [-0.1, -0.05) is 12.1 Å². The third-order valence-corrected chi connectivity index (χ3v) is 6.76. The minimum Gasteiger partial charge on any atom is -0.366 e. The Hall–Kier alpha value is -4.68. The zero-order valence-corrected chi connectivity index (χ0v) is 21.8. The summed E-state index contributed by atoms with van der Waals surface area (Å²) in [5.41, 5.74) is 4.82. The van der Waals surface area contributed by atoms with Gasteiger partial charge in [-0.2, -0.15) is 13.2 Å². The highest BCUT2D eigenvalue weighted by molar-refractivity contribution is 5.94. The summed E-state index contributed by atoms with van der Waals surface area (Å²) in [5, 5.41) is 2.72. The summed E-state index contributed by atoms with van der Waals surface area (Å²) in [6, 6.07) is 8.55. The van der Waals surface area contributed by atoms with E-state index in [-0.39, 0.29) is 35.0 Å². The molecule has 3 N–H and O–H groups in total. The number of hydrogen-bond donors (Lipinski definition) is 2. The first-order chi connectivity index (χ1) is 19.9. The lowest BCUT2D eigenvalue weighted by Gasteiger charge is -2.22. The van der Waals surface area contributed by atoms with Crippen LogP contribution in [0.1, 0.15) is 57.9 Å². The second-order valence-corrected chi connectivity index (χ2v) is 9.98. The molecular formula is C29H23F6N5O2. The van der Waals surface area contributed by atoms with Crippen molar-refractivity contribution in [3.8, 4) is 11.1 Å². The smallest absolute Gasteiger partial charge is 0.366 e. The fourth-order valence-electron chi connectivity index (χ4n) is 4.76. The van der Waals surface area contributed by atoms with Crippen LogP contribution in [0.3, 0.4) is 0 Å². The first-order valence-corrected chi connectivity index (χ1v) is 12.8. The van der Waals surface area contributed by atoms with Crippen molar-refractivity contribution in [3.05, 3.63) is 107 Å². The minimum atomic E-state index is -4.70. The van der Waals surface area contributed by atoms with Gasteiger partial charge in [0.15, 0.2) is 5.69 Å². The Morgan fingerprint density at radius 3 is 2.40 bits per heavy atom. The number of benzene rings is 2. The van der Waals surface area contributed by atoms with Crippen molar-refractivity contribution in [2.24, 2.45) is 5.73 Å². The lowest BCUT2D eigenvalue weighted by atomic mass is 9.94. The van der Waals surface area contributed by atoms with Gasteiger partial charge in [0.25, 0.3) is 5.91 Å². The predicted molar refractivity (Wildman–Crippen MR) is 138 cm³/mol. The molecule has 0 radical (unpaired) electrons. The topological polar surface area (TPSA) is 103 Å². The van der Waals surface area contributed by atoms with E-state index in [0.29, 0.717) is 30.0 Å². The van der Waals surface area contributed by atoms with E-state index in [1.54, 1.807) is 12.1 Å². The van der Waals surface area contributed by atoms with Gasteiger partial charge in [-0.05, 0) is 60.7 Å². The maximum atomic E-state index is 14.2. The number of nitrogens with zero attached hydrogens (tertiary/aromatic N) is 3. The average molecular weight is 588 g/mol. The Balaban J connectivity index is 1.51. The fraction of sp³-hybridized carbons (Fsp3) is 0.241. The molecule has 1 aliphatic rings. The number of nitrogens with one attached hydrogen (secondary N) is 1. The van der Waals surface area contributed by atoms with E-state index in [0.717, 1.165) is 29.0 Å². The Bertz CT molecular complexity index is 1640. The molecule has 1 atom stereocenters. The Morgan fingerprint density at radius 2 is 1.76 bits per heavy atom. The molecule has 2 aromatic heterocycles. The summed E-state index contributed by atoms with van der Waals surface area (Å²) in [6.07, 6.45) is -1.39. The van der Waals surface area contributed by atoms with Crippen LogP contribution >= 0.6 is 0 Å². The Kier molecular flexibility index (Phi) is 7.76. The van der Waals surface area contributed by atoms with Crippen molar-refractivity contribution in [1.29, 1.82) is 0 Å². The van der Waals surface area contributed by atoms with Crippen LogP contribution in [0.2, 0.25) is 0 Å². The van der Waals surface area contributed by atoms with E-state index >= 15 is 0 Å². The fourth-order valence-corrected chi connectivity index (χ4v) is 4.76. The number of imidazole rings is 1. The Morgan fingerprint density at radius 1 is 1.05 bits per heavy atom. The van der Waals surface area contributed by atoms with Crippen molar-refractivity contribution in [2.45, 2.75) is 43.9 Å². The molecule has 0 spiro atoms. The summed E-state index contributed by atoms with van der Waals surface area (Å²) in [4.78, 5) is 33.1. The molecule has 13 heteroatoms. The molecule has 218 valence electrons. The van der Waals surface area contributed by atoms with Crippen LogP contribution in [-0.2, 0) is 23.9 Å². The number of carbonyl (C=O) groups excluding carboxylic acids is 2. The van der Waals surface area contributed by atoms with Crippen LogP contribution in [0.5, 0.6) is 0 Å².